The van der Waals surface area contributed by atoms with E-state index in [1.807, 2.05) is 0 Å². The summed E-state index contributed by atoms with van der Waals surface area (Å²) in [7, 11) is 0. The molecule has 0 saturated carbocycles. The van der Waals surface area contributed by atoms with E-state index in [0.717, 1.165) is 0 Å². The summed E-state index contributed by atoms with van der Waals surface area (Å²) in [4.78, 5) is 44.1. The molecule has 0 aliphatic heterocycles. The van der Waals surface area contributed by atoms with Crippen LogP contribution in [-0.4, -0.2) is 47.3 Å². The Morgan fingerprint density at radius 1 is 0.750 bits per heavy atom. The molecule has 1 aromatic carbocycles. The van der Waals surface area contributed by atoms with Gasteiger partial charge in [0.15, 0.2) is 0 Å². The van der Waals surface area contributed by atoms with Crippen molar-refractivity contribution in [2.75, 3.05) is 13.2 Å². The number of hydrogen-bond acceptors (Lipinski definition) is 8. The van der Waals surface area contributed by atoms with Crippen molar-refractivity contribution < 1.29 is 38.9 Å². The molecule has 0 aliphatic carbocycles. The highest BCUT2D eigenvalue weighted by molar-refractivity contribution is 6.00. The van der Waals surface area contributed by atoms with Gasteiger partial charge in [-0.3, -0.25) is 0 Å². The van der Waals surface area contributed by atoms with E-state index < -0.39 is 37.1 Å². The van der Waals surface area contributed by atoms with Gasteiger partial charge in [-0.15, -0.1) is 0 Å². The molecular formula is C12H10O8. The van der Waals surface area contributed by atoms with Crippen LogP contribution in [0.15, 0.2) is 24.3 Å². The number of aliphatic hydroxyl groups is 2. The maximum atomic E-state index is 11.4. The Kier molecular flexibility index (Phi) is 5.51. The zero-order chi connectivity index (χ0) is 15.1. The van der Waals surface area contributed by atoms with Crippen molar-refractivity contribution in [2.24, 2.45) is 0 Å². The summed E-state index contributed by atoms with van der Waals surface area (Å²) in [5, 5.41) is 16.8. The molecule has 0 unspecified atom stereocenters. The minimum Gasteiger partial charge on any atom is -0.388 e. The number of aliphatic hydroxyl groups excluding tert-OH is 2. The number of carbonyl (C=O) groups excluding carboxylic acids is 4. The number of hydrogen-bond donors (Lipinski definition) is 2. The van der Waals surface area contributed by atoms with Gasteiger partial charge in [0, 0.05) is 0 Å². The van der Waals surface area contributed by atoms with Crippen LogP contribution in [0.4, 0.5) is 0 Å². The van der Waals surface area contributed by atoms with E-state index in [2.05, 4.69) is 9.47 Å². The summed E-state index contributed by atoms with van der Waals surface area (Å²) < 4.78 is 8.47. The molecule has 0 aromatic heterocycles. The summed E-state index contributed by atoms with van der Waals surface area (Å²) in [6.07, 6.45) is 0. The molecule has 0 radical (unpaired) electrons. The molecule has 0 spiro atoms. The molecule has 8 nitrogen and oxygen atoms in total. The Morgan fingerprint density at radius 2 is 1.05 bits per heavy atom. The van der Waals surface area contributed by atoms with Crippen molar-refractivity contribution in [2.45, 2.75) is 0 Å². The first-order chi connectivity index (χ1) is 9.47. The average Bonchev–Trinajstić information content (AvgIpc) is 2.46. The maximum absolute atomic E-state index is 11.4. The van der Waals surface area contributed by atoms with Gasteiger partial charge in [0.05, 0.1) is 11.1 Å². The van der Waals surface area contributed by atoms with Crippen molar-refractivity contribution in [3.05, 3.63) is 35.4 Å². The van der Waals surface area contributed by atoms with Gasteiger partial charge in [0.25, 0.3) is 0 Å². The number of rotatable bonds is 4. The van der Waals surface area contributed by atoms with Crippen molar-refractivity contribution in [1.82, 2.24) is 0 Å². The molecule has 8 heteroatoms. The second-order valence-electron chi connectivity index (χ2n) is 3.42. The van der Waals surface area contributed by atoms with E-state index in [1.54, 1.807) is 0 Å². The monoisotopic (exact) mass is 282 g/mol. The number of esters is 4. The lowest BCUT2D eigenvalue weighted by Gasteiger charge is -2.03. The van der Waals surface area contributed by atoms with Crippen LogP contribution in [0.2, 0.25) is 0 Å². The molecular weight excluding hydrogens is 272 g/mol. The first kappa shape index (κ1) is 15.5. The maximum Gasteiger partial charge on any atom is 0.345 e. The fourth-order valence-electron chi connectivity index (χ4n) is 1.13. The lowest BCUT2D eigenvalue weighted by molar-refractivity contribution is -0.142. The summed E-state index contributed by atoms with van der Waals surface area (Å²) in [6, 6.07) is 4.69. The summed E-state index contributed by atoms with van der Waals surface area (Å²) in [5.74, 6) is -4.19. The Hall–Kier alpha value is -2.58. The van der Waals surface area contributed by atoms with E-state index in [1.165, 1.54) is 24.3 Å². The first-order valence-corrected chi connectivity index (χ1v) is 5.29. The number of carbonyl (C=O) groups is 4. The molecule has 20 heavy (non-hydrogen) atoms. The van der Waals surface area contributed by atoms with Crippen LogP contribution in [0.3, 0.4) is 0 Å². The quantitative estimate of drug-likeness (QED) is 0.534. The Labute approximate surface area is 112 Å². The van der Waals surface area contributed by atoms with Gasteiger partial charge in [-0.25, -0.2) is 19.2 Å². The standard InChI is InChI=1S/C12H10O8/c13-5-9(15)19-11(17)7-1-2-8(4-3-7)12(18)20-10(16)6-14/h1-4,13-14H,5-6H2. The van der Waals surface area contributed by atoms with Crippen LogP contribution in [0.5, 0.6) is 0 Å². The summed E-state index contributed by atoms with van der Waals surface area (Å²) in [5.41, 5.74) is -0.0614. The van der Waals surface area contributed by atoms with Crippen LogP contribution in [-0.2, 0) is 19.1 Å². The third-order valence-corrected chi connectivity index (χ3v) is 2.03. The molecule has 106 valence electrons. The van der Waals surface area contributed by atoms with Crippen molar-refractivity contribution in [3.8, 4) is 0 Å². The van der Waals surface area contributed by atoms with Crippen LogP contribution in [0, 0.1) is 0 Å². The molecule has 1 rings (SSSR count). The van der Waals surface area contributed by atoms with Crippen molar-refractivity contribution in [1.29, 1.82) is 0 Å². The van der Waals surface area contributed by atoms with Gasteiger partial charge in [-0.1, -0.05) is 0 Å². The van der Waals surface area contributed by atoms with Crippen LogP contribution in [0.1, 0.15) is 20.7 Å². The fourth-order valence-corrected chi connectivity index (χ4v) is 1.13. The SMILES string of the molecule is O=C(CO)OC(=O)c1ccc(C(=O)OC(=O)CO)cc1. The summed E-state index contributed by atoms with van der Waals surface area (Å²) in [6.45, 7) is -1.86. The zero-order valence-electron chi connectivity index (χ0n) is 10.1. The third kappa shape index (κ3) is 4.26. The van der Waals surface area contributed by atoms with Crippen LogP contribution in [0.25, 0.3) is 0 Å². The van der Waals surface area contributed by atoms with Gasteiger partial charge >= 0.3 is 23.9 Å². The smallest absolute Gasteiger partial charge is 0.345 e. The second-order valence-corrected chi connectivity index (χ2v) is 3.42. The third-order valence-electron chi connectivity index (χ3n) is 2.03. The van der Waals surface area contributed by atoms with Crippen molar-refractivity contribution in [3.63, 3.8) is 0 Å². The molecule has 1 aromatic rings. The average molecular weight is 282 g/mol. The van der Waals surface area contributed by atoms with E-state index in [-0.39, 0.29) is 11.1 Å². The molecule has 2 N–H and O–H groups in total. The normalized spacial score (nSPS) is 9.70. The molecule has 0 heterocycles. The van der Waals surface area contributed by atoms with E-state index in [9.17, 15) is 19.2 Å². The molecule has 0 saturated heterocycles. The molecule has 0 atom stereocenters. The molecule has 0 fully saturated rings. The van der Waals surface area contributed by atoms with E-state index in [4.69, 9.17) is 10.2 Å². The largest absolute Gasteiger partial charge is 0.388 e. The zero-order valence-corrected chi connectivity index (χ0v) is 10.1. The van der Waals surface area contributed by atoms with E-state index in [0.29, 0.717) is 0 Å². The van der Waals surface area contributed by atoms with Gasteiger partial charge in [0.2, 0.25) is 0 Å². The second kappa shape index (κ2) is 7.12. The molecule has 0 amide bonds. The summed E-state index contributed by atoms with van der Waals surface area (Å²) >= 11 is 0. The van der Waals surface area contributed by atoms with Crippen LogP contribution < -0.4 is 0 Å². The number of ether oxygens (including phenoxy) is 2. The lowest BCUT2D eigenvalue weighted by atomic mass is 10.1. The lowest BCUT2D eigenvalue weighted by Crippen LogP contribution is -2.17. The van der Waals surface area contributed by atoms with Gasteiger partial charge in [-0.2, -0.15) is 0 Å². The highest BCUT2D eigenvalue weighted by Gasteiger charge is 2.15. The number of benzene rings is 1. The fraction of sp³-hybridized carbons (Fsp3) is 0.167. The Balaban J connectivity index is 2.73. The Morgan fingerprint density at radius 3 is 1.30 bits per heavy atom. The molecule has 0 aliphatic rings. The highest BCUT2D eigenvalue weighted by atomic mass is 16.6. The van der Waals surface area contributed by atoms with Gasteiger partial charge < -0.3 is 19.7 Å². The van der Waals surface area contributed by atoms with Crippen molar-refractivity contribution >= 4 is 23.9 Å². The predicted octanol–water partition coefficient (Wildman–Crippen LogP) is -0.962. The predicted molar refractivity (Wildman–Crippen MR) is 61.5 cm³/mol. The van der Waals surface area contributed by atoms with Gasteiger partial charge in [0.1, 0.15) is 13.2 Å². The van der Waals surface area contributed by atoms with Gasteiger partial charge in [-0.05, 0) is 24.3 Å². The van der Waals surface area contributed by atoms with E-state index >= 15 is 0 Å². The minimum absolute atomic E-state index is 0.0307. The topological polar surface area (TPSA) is 127 Å². The minimum atomic E-state index is -1.10. The highest BCUT2D eigenvalue weighted by Crippen LogP contribution is 2.07. The van der Waals surface area contributed by atoms with Crippen LogP contribution >= 0.6 is 0 Å². The first-order valence-electron chi connectivity index (χ1n) is 5.29. The molecule has 0 bridgehead atoms. The Bertz CT molecular complexity index is 482.